The van der Waals surface area contributed by atoms with Crippen molar-refractivity contribution in [2.45, 2.75) is 112 Å². The van der Waals surface area contributed by atoms with Gasteiger partial charge >= 0.3 is 11.7 Å². The van der Waals surface area contributed by atoms with Crippen LogP contribution < -0.4 is 13.9 Å². The van der Waals surface area contributed by atoms with Crippen molar-refractivity contribution in [3.05, 3.63) is 167 Å². The molecule has 3 aliphatic rings. The third-order valence-corrected chi connectivity index (χ3v) is 15.1. The normalized spacial score (nSPS) is 16.8. The van der Waals surface area contributed by atoms with Gasteiger partial charge in [0.1, 0.15) is 16.8 Å². The van der Waals surface area contributed by atoms with Gasteiger partial charge in [0.25, 0.3) is 0 Å². The van der Waals surface area contributed by atoms with Crippen LogP contribution in [0, 0.1) is 5.41 Å². The zero-order valence-electron chi connectivity index (χ0n) is 41.5. The third kappa shape index (κ3) is 5.53. The first-order valence-electron chi connectivity index (χ1n) is 24.0. The topological polar surface area (TPSA) is 21.9 Å². The first-order chi connectivity index (χ1) is 31.0. The molecule has 0 aliphatic carbocycles. The highest BCUT2D eigenvalue weighted by Crippen LogP contribution is 2.56. The minimum atomic E-state index is -1.20. The molecule has 5 heterocycles. The second kappa shape index (κ2) is 13.6. The second-order valence-electron chi connectivity index (χ2n) is 21.5. The number of hydrogen-bond donors (Lipinski definition) is 0. The maximum Gasteiger partial charge on any atom is 0.499 e. The van der Waals surface area contributed by atoms with E-state index in [1.165, 1.54) is 11.1 Å². The molecule has 11 rings (SSSR count). The Morgan fingerprint density at radius 3 is 1.92 bits per heavy atom. The number of nitrogens with zero attached hydrogens (tertiary/aromatic N) is 3. The number of para-hydroxylation sites is 1. The van der Waals surface area contributed by atoms with Crippen LogP contribution in [-0.4, -0.2) is 4.57 Å². The lowest BCUT2D eigenvalue weighted by Gasteiger charge is -2.39. The molecule has 0 bridgehead atoms. The predicted molar refractivity (Wildman–Crippen MR) is 263 cm³/mol. The molecule has 0 radical (unpaired) electrons. The zero-order chi connectivity index (χ0) is 46.7. The Kier molecular flexibility index (Phi) is 8.14. The van der Waals surface area contributed by atoms with Crippen LogP contribution in [0.1, 0.15) is 125 Å². The molecule has 0 amide bonds. The molecule has 0 saturated carbocycles. The van der Waals surface area contributed by atoms with Gasteiger partial charge in [-0.3, -0.25) is 0 Å². The standard InChI is InChI=1S/C60H61N3O/c1-36(2)41-30-45(37(3)4)55-49(31-41)56-62(50-27-26-42(59(11,12)58(8,9)10)33-46(50)39-22-17-14-18-23-39)51-25-19-24-44-47-34-43(57(5,6)7)35-48-52-32-40(38-20-15-13-16-21-38)28-29-61(52)60(64-55,53(47)48)63(56)54(44)51/h13-37H,1-12H3/q+2/i36D,37D. The van der Waals surface area contributed by atoms with Crippen molar-refractivity contribution >= 4 is 11.0 Å². The fraction of sp³-hybridized carbons (Fsp3) is 0.300. The molecule has 6 aromatic carbocycles. The van der Waals surface area contributed by atoms with Crippen LogP contribution in [0.25, 0.3) is 72.7 Å². The molecular weight excluding hydrogens is 779 g/mol. The molecule has 0 saturated heterocycles. The summed E-state index contributed by atoms with van der Waals surface area (Å²) in [6.07, 6.45) is 2.22. The first kappa shape index (κ1) is 38.2. The molecule has 2 aromatic heterocycles. The van der Waals surface area contributed by atoms with Crippen LogP contribution in [0.5, 0.6) is 5.75 Å². The van der Waals surface area contributed by atoms with E-state index in [1.54, 1.807) is 0 Å². The van der Waals surface area contributed by atoms with Crippen LogP contribution in [0.4, 0.5) is 0 Å². The van der Waals surface area contributed by atoms with Gasteiger partial charge < -0.3 is 4.74 Å². The largest absolute Gasteiger partial charge is 0.499 e. The highest BCUT2D eigenvalue weighted by atomic mass is 16.5. The van der Waals surface area contributed by atoms with Gasteiger partial charge in [0.05, 0.1) is 5.56 Å². The fourth-order valence-electron chi connectivity index (χ4n) is 10.5. The van der Waals surface area contributed by atoms with E-state index in [-0.39, 0.29) is 16.2 Å². The van der Waals surface area contributed by atoms with Crippen LogP contribution in [0.15, 0.2) is 140 Å². The molecular formula is C60H61N3O+2. The summed E-state index contributed by atoms with van der Waals surface area (Å²) in [6.45, 7) is 26.4. The van der Waals surface area contributed by atoms with Crippen LogP contribution in [0.3, 0.4) is 0 Å². The zero-order valence-corrected chi connectivity index (χ0v) is 39.5. The quantitative estimate of drug-likeness (QED) is 0.153. The number of fused-ring (bicyclic) bond motifs is 5. The third-order valence-electron chi connectivity index (χ3n) is 15.1. The van der Waals surface area contributed by atoms with Gasteiger partial charge in [-0.1, -0.05) is 162 Å². The predicted octanol–water partition coefficient (Wildman–Crippen LogP) is 14.6. The molecule has 1 spiro atoms. The van der Waals surface area contributed by atoms with Gasteiger partial charge in [0.2, 0.25) is 5.69 Å². The van der Waals surface area contributed by atoms with E-state index in [9.17, 15) is 2.74 Å². The van der Waals surface area contributed by atoms with Crippen LogP contribution >= 0.6 is 0 Å². The van der Waals surface area contributed by atoms with Gasteiger partial charge in [-0.2, -0.15) is 4.57 Å². The number of aromatic nitrogens is 3. The Morgan fingerprint density at radius 1 is 0.594 bits per heavy atom. The van der Waals surface area contributed by atoms with Gasteiger partial charge in [-0.15, -0.1) is 9.13 Å². The molecule has 320 valence electrons. The van der Waals surface area contributed by atoms with E-state index in [1.807, 2.05) is 27.7 Å². The highest BCUT2D eigenvalue weighted by molar-refractivity contribution is 5.98. The van der Waals surface area contributed by atoms with E-state index < -0.39 is 17.6 Å². The van der Waals surface area contributed by atoms with Gasteiger partial charge in [-0.25, -0.2) is 0 Å². The summed E-state index contributed by atoms with van der Waals surface area (Å²) in [5.74, 6) is -1.59. The molecule has 64 heavy (non-hydrogen) atoms. The summed E-state index contributed by atoms with van der Waals surface area (Å²) in [5.41, 5.74) is 18.1. The molecule has 3 aliphatic heterocycles. The Morgan fingerprint density at radius 2 is 1.27 bits per heavy atom. The average molecular weight is 842 g/mol. The molecule has 0 N–H and O–H groups in total. The molecule has 0 fully saturated rings. The Labute approximate surface area is 382 Å². The molecule has 1 unspecified atom stereocenters. The van der Waals surface area contributed by atoms with Crippen molar-refractivity contribution in [2.24, 2.45) is 5.41 Å². The summed E-state index contributed by atoms with van der Waals surface area (Å²) in [7, 11) is 0. The summed E-state index contributed by atoms with van der Waals surface area (Å²) in [6, 6.07) is 48.9. The molecule has 4 nitrogen and oxygen atoms in total. The van der Waals surface area contributed by atoms with Gasteiger partial charge in [-0.05, 0) is 109 Å². The van der Waals surface area contributed by atoms with E-state index >= 15 is 0 Å². The molecule has 8 aromatic rings. The average Bonchev–Trinajstić information content (AvgIpc) is 3.76. The van der Waals surface area contributed by atoms with E-state index in [4.69, 9.17) is 4.74 Å². The lowest BCUT2D eigenvalue weighted by molar-refractivity contribution is -0.997. The smallest absolute Gasteiger partial charge is 0.392 e. The maximum absolute atomic E-state index is 9.82. The summed E-state index contributed by atoms with van der Waals surface area (Å²) < 4.78 is 34.6. The summed E-state index contributed by atoms with van der Waals surface area (Å²) in [4.78, 5) is 0. The SMILES string of the molecule is [2H]C(C)(C)c1cc2c(c(C([2H])(C)C)c1)OC13c4c(cc(C(C)(C)C)cc4-c4cc(-c5ccccc5)cc[n+]41)-c1cccc4c1[n+]3c-2n4-c1ccc(C(C)(C)C(C)(C)C)cc1-c1ccccc1. The van der Waals surface area contributed by atoms with Crippen molar-refractivity contribution in [3.8, 4) is 67.5 Å². The Bertz CT molecular complexity index is 3330. The Balaban J connectivity index is 1.36. The number of benzene rings is 6. The molecule has 1 atom stereocenters. The minimum Gasteiger partial charge on any atom is -0.392 e. The lowest BCUT2D eigenvalue weighted by Crippen LogP contribution is -2.78. The fourth-order valence-corrected chi connectivity index (χ4v) is 10.5. The number of pyridine rings is 1. The maximum atomic E-state index is 9.82. The van der Waals surface area contributed by atoms with Crippen molar-refractivity contribution < 1.29 is 16.6 Å². The highest BCUT2D eigenvalue weighted by Gasteiger charge is 2.69. The second-order valence-corrected chi connectivity index (χ2v) is 21.5. The van der Waals surface area contributed by atoms with Crippen molar-refractivity contribution in [1.29, 1.82) is 0 Å². The van der Waals surface area contributed by atoms with Gasteiger partial charge in [0.15, 0.2) is 23.0 Å². The van der Waals surface area contributed by atoms with E-state index in [0.29, 0.717) is 5.75 Å². The lowest BCUT2D eigenvalue weighted by atomic mass is 9.65. The number of rotatable bonds is 6. The Hall–Kier alpha value is -6.26. The van der Waals surface area contributed by atoms with Crippen molar-refractivity contribution in [3.63, 3.8) is 0 Å². The minimum absolute atomic E-state index is 0.00423. The van der Waals surface area contributed by atoms with Crippen LogP contribution in [-0.2, 0) is 16.7 Å². The van der Waals surface area contributed by atoms with Gasteiger partial charge in [0, 0.05) is 31.6 Å². The van der Waals surface area contributed by atoms with E-state index in [2.05, 4.69) is 209 Å². The summed E-state index contributed by atoms with van der Waals surface area (Å²) in [5, 5.41) is 0. The van der Waals surface area contributed by atoms with Crippen LogP contribution in [0.2, 0.25) is 0 Å². The number of ether oxygens (including phenoxy) is 1. The number of imidazole rings is 1. The summed E-state index contributed by atoms with van der Waals surface area (Å²) >= 11 is 0. The number of hydrogen-bond acceptors (Lipinski definition) is 1. The molecule has 4 heteroatoms. The monoisotopic (exact) mass is 841 g/mol. The first-order valence-corrected chi connectivity index (χ1v) is 23.0. The van der Waals surface area contributed by atoms with Crippen molar-refractivity contribution in [2.75, 3.05) is 0 Å². The van der Waals surface area contributed by atoms with Crippen molar-refractivity contribution in [1.82, 2.24) is 4.57 Å². The van der Waals surface area contributed by atoms with E-state index in [0.717, 1.165) is 89.4 Å².